The van der Waals surface area contributed by atoms with Crippen LogP contribution in [0.4, 0.5) is 5.69 Å². The molecule has 0 unspecified atom stereocenters. The Balaban J connectivity index is 2.52. The second-order valence-electron chi connectivity index (χ2n) is 5.01. The third-order valence-corrected chi connectivity index (χ3v) is 3.40. The predicted molar refractivity (Wildman–Crippen MR) is 66.7 cm³/mol. The average Bonchev–Trinajstić information content (AvgIpc) is 2.69. The third-order valence-electron chi connectivity index (χ3n) is 3.40. The van der Waals surface area contributed by atoms with Gasteiger partial charge in [0.1, 0.15) is 0 Å². The molecule has 2 N–H and O–H groups in total. The Morgan fingerprint density at radius 3 is 2.50 bits per heavy atom. The fourth-order valence-electron chi connectivity index (χ4n) is 2.62. The van der Waals surface area contributed by atoms with Crippen LogP contribution in [-0.2, 0) is 0 Å². The van der Waals surface area contributed by atoms with Gasteiger partial charge in [-0.05, 0) is 24.8 Å². The molecule has 2 rings (SSSR count). The van der Waals surface area contributed by atoms with Gasteiger partial charge in [-0.1, -0.05) is 26.7 Å². The van der Waals surface area contributed by atoms with E-state index in [-0.39, 0.29) is 5.56 Å². The van der Waals surface area contributed by atoms with Gasteiger partial charge in [0.2, 0.25) is 0 Å². The highest BCUT2D eigenvalue weighted by molar-refractivity contribution is 5.39. The quantitative estimate of drug-likeness (QED) is 0.833. The molecule has 1 aromatic rings. The topological polar surface area (TPSA) is 48.0 Å². The highest BCUT2D eigenvalue weighted by atomic mass is 16.1. The first-order chi connectivity index (χ1) is 7.59. The minimum atomic E-state index is 0.0654. The van der Waals surface area contributed by atoms with Gasteiger partial charge in [-0.2, -0.15) is 0 Å². The van der Waals surface area contributed by atoms with E-state index >= 15 is 0 Å². The van der Waals surface area contributed by atoms with E-state index in [1.165, 1.54) is 12.8 Å². The number of rotatable bonds is 2. The lowest BCUT2D eigenvalue weighted by Crippen LogP contribution is -2.27. The lowest BCUT2D eigenvalue weighted by Gasteiger charge is -2.21. The van der Waals surface area contributed by atoms with Crippen molar-refractivity contribution in [3.05, 3.63) is 28.2 Å². The predicted octanol–water partition coefficient (Wildman–Crippen LogP) is 2.67. The van der Waals surface area contributed by atoms with Gasteiger partial charge in [-0.15, -0.1) is 0 Å². The van der Waals surface area contributed by atoms with Gasteiger partial charge in [0.15, 0.2) is 0 Å². The van der Waals surface area contributed by atoms with Crippen LogP contribution in [0.25, 0.3) is 0 Å². The van der Waals surface area contributed by atoms with E-state index in [9.17, 15) is 4.79 Å². The summed E-state index contributed by atoms with van der Waals surface area (Å²) in [4.78, 5) is 12.0. The Morgan fingerprint density at radius 2 is 1.94 bits per heavy atom. The van der Waals surface area contributed by atoms with Crippen molar-refractivity contribution < 1.29 is 0 Å². The fourth-order valence-corrected chi connectivity index (χ4v) is 2.62. The number of aromatic nitrogens is 1. The molecule has 1 aromatic heterocycles. The van der Waals surface area contributed by atoms with Crippen molar-refractivity contribution in [1.82, 2.24) is 4.57 Å². The highest BCUT2D eigenvalue weighted by Crippen LogP contribution is 2.31. The van der Waals surface area contributed by atoms with Crippen LogP contribution in [0.2, 0.25) is 0 Å². The average molecular weight is 220 g/mol. The van der Waals surface area contributed by atoms with E-state index in [0.29, 0.717) is 17.6 Å². The monoisotopic (exact) mass is 220 g/mol. The van der Waals surface area contributed by atoms with Crippen LogP contribution in [0, 0.1) is 0 Å². The van der Waals surface area contributed by atoms with Crippen molar-refractivity contribution >= 4 is 5.69 Å². The summed E-state index contributed by atoms with van der Waals surface area (Å²) in [7, 11) is 0. The summed E-state index contributed by atoms with van der Waals surface area (Å²) in [6.07, 6.45) is 4.73. The molecule has 1 saturated carbocycles. The molecule has 1 heterocycles. The van der Waals surface area contributed by atoms with Gasteiger partial charge in [-0.3, -0.25) is 4.79 Å². The van der Waals surface area contributed by atoms with Gasteiger partial charge in [0.25, 0.3) is 5.56 Å². The lowest BCUT2D eigenvalue weighted by atomic mass is 10.1. The van der Waals surface area contributed by atoms with Gasteiger partial charge < -0.3 is 10.3 Å². The zero-order valence-electron chi connectivity index (χ0n) is 10.1. The molecule has 0 aliphatic heterocycles. The summed E-state index contributed by atoms with van der Waals surface area (Å²) in [5.41, 5.74) is 7.48. The number of nitrogen functional groups attached to an aromatic ring is 1. The molecule has 3 nitrogen and oxygen atoms in total. The minimum absolute atomic E-state index is 0.0654. The summed E-state index contributed by atoms with van der Waals surface area (Å²) in [6, 6.07) is 3.89. The SMILES string of the molecule is CC(C)c1cc(N)cc(=O)n1C1CCCC1. The molecule has 1 aliphatic carbocycles. The van der Waals surface area contributed by atoms with Crippen LogP contribution >= 0.6 is 0 Å². The maximum Gasteiger partial charge on any atom is 0.253 e. The second kappa shape index (κ2) is 4.32. The molecule has 16 heavy (non-hydrogen) atoms. The van der Waals surface area contributed by atoms with Gasteiger partial charge >= 0.3 is 0 Å². The van der Waals surface area contributed by atoms with E-state index < -0.39 is 0 Å². The zero-order valence-corrected chi connectivity index (χ0v) is 10.1. The summed E-state index contributed by atoms with van der Waals surface area (Å²) < 4.78 is 1.97. The van der Waals surface area contributed by atoms with Gasteiger partial charge in [0.05, 0.1) is 0 Å². The van der Waals surface area contributed by atoms with Gasteiger partial charge in [-0.25, -0.2) is 0 Å². The number of hydrogen-bond acceptors (Lipinski definition) is 2. The largest absolute Gasteiger partial charge is 0.399 e. The Bertz CT molecular complexity index is 428. The molecule has 0 amide bonds. The molecule has 1 fully saturated rings. The number of anilines is 1. The Labute approximate surface area is 96.3 Å². The second-order valence-corrected chi connectivity index (χ2v) is 5.01. The summed E-state index contributed by atoms with van der Waals surface area (Å²) in [6.45, 7) is 4.22. The first-order valence-electron chi connectivity index (χ1n) is 6.11. The van der Waals surface area contributed by atoms with Crippen LogP contribution in [0.3, 0.4) is 0 Å². The normalized spacial score (nSPS) is 17.2. The first kappa shape index (κ1) is 11.2. The minimum Gasteiger partial charge on any atom is -0.399 e. The van der Waals surface area contributed by atoms with Gasteiger partial charge in [0, 0.05) is 23.5 Å². The molecule has 3 heteroatoms. The third kappa shape index (κ3) is 1.99. The number of pyridine rings is 1. The van der Waals surface area contributed by atoms with Crippen molar-refractivity contribution in [2.75, 3.05) is 5.73 Å². The molecule has 1 aliphatic rings. The summed E-state index contributed by atoms with van der Waals surface area (Å²) in [5.74, 6) is 0.344. The van der Waals surface area contributed by atoms with Crippen molar-refractivity contribution in [3.63, 3.8) is 0 Å². The van der Waals surface area contributed by atoms with Crippen LogP contribution in [0.5, 0.6) is 0 Å². The maximum absolute atomic E-state index is 12.0. The van der Waals surface area contributed by atoms with Crippen molar-refractivity contribution in [2.45, 2.75) is 51.5 Å². The standard InChI is InChI=1S/C13H20N2O/c1-9(2)12-7-10(14)8-13(16)15(12)11-5-3-4-6-11/h7-9,11H,3-6,14H2,1-2H3. The van der Waals surface area contributed by atoms with Crippen molar-refractivity contribution in [2.24, 2.45) is 0 Å². The first-order valence-corrected chi connectivity index (χ1v) is 6.11. The Morgan fingerprint density at radius 1 is 1.31 bits per heavy atom. The molecule has 0 spiro atoms. The van der Waals surface area contributed by atoms with Crippen LogP contribution in [0.1, 0.15) is 57.2 Å². The molecular weight excluding hydrogens is 200 g/mol. The number of nitrogens with zero attached hydrogens (tertiary/aromatic N) is 1. The zero-order chi connectivity index (χ0) is 11.7. The highest BCUT2D eigenvalue weighted by Gasteiger charge is 2.21. The molecule has 88 valence electrons. The molecule has 0 saturated heterocycles. The number of nitrogens with two attached hydrogens (primary N) is 1. The van der Waals surface area contributed by atoms with E-state index in [1.807, 2.05) is 10.6 Å². The lowest BCUT2D eigenvalue weighted by molar-refractivity contribution is 0.474. The molecule has 0 atom stereocenters. The summed E-state index contributed by atoms with van der Waals surface area (Å²) in [5, 5.41) is 0. The van der Waals surface area contributed by atoms with E-state index in [4.69, 9.17) is 5.73 Å². The molecular formula is C13H20N2O. The van der Waals surface area contributed by atoms with Crippen LogP contribution in [-0.4, -0.2) is 4.57 Å². The summed E-state index contributed by atoms with van der Waals surface area (Å²) >= 11 is 0. The smallest absolute Gasteiger partial charge is 0.253 e. The van der Waals surface area contributed by atoms with E-state index in [1.54, 1.807) is 6.07 Å². The fraction of sp³-hybridized carbons (Fsp3) is 0.615. The Hall–Kier alpha value is -1.25. The molecule has 0 bridgehead atoms. The number of hydrogen-bond donors (Lipinski definition) is 1. The molecule has 0 aromatic carbocycles. The van der Waals surface area contributed by atoms with Crippen molar-refractivity contribution in [3.8, 4) is 0 Å². The van der Waals surface area contributed by atoms with E-state index in [0.717, 1.165) is 18.5 Å². The molecule has 0 radical (unpaired) electrons. The van der Waals surface area contributed by atoms with E-state index in [2.05, 4.69) is 13.8 Å². The van der Waals surface area contributed by atoms with Crippen molar-refractivity contribution in [1.29, 1.82) is 0 Å². The van der Waals surface area contributed by atoms with Crippen LogP contribution < -0.4 is 11.3 Å². The maximum atomic E-state index is 12.0. The Kier molecular flexibility index (Phi) is 3.03. The van der Waals surface area contributed by atoms with Crippen LogP contribution in [0.15, 0.2) is 16.9 Å².